The van der Waals surface area contributed by atoms with Crippen LogP contribution < -0.4 is 16.4 Å². The SMILES string of the molecule is Cn1cc(-c2ccc(Nc3cc(N)c(C#N)c(NC4CCCCC4)n3)cc2O)cn1. The van der Waals surface area contributed by atoms with Crippen molar-refractivity contribution in [2.45, 2.75) is 38.1 Å². The molecule has 30 heavy (non-hydrogen) atoms. The number of nitriles is 1. The van der Waals surface area contributed by atoms with Crippen LogP contribution in [-0.4, -0.2) is 25.9 Å². The Morgan fingerprint density at radius 1 is 1.23 bits per heavy atom. The minimum Gasteiger partial charge on any atom is -0.507 e. The molecule has 1 saturated carbocycles. The summed E-state index contributed by atoms with van der Waals surface area (Å²) < 4.78 is 1.69. The number of nitrogen functional groups attached to an aromatic ring is 1. The Balaban J connectivity index is 1.58. The van der Waals surface area contributed by atoms with Gasteiger partial charge in [-0.15, -0.1) is 0 Å². The maximum Gasteiger partial charge on any atom is 0.148 e. The van der Waals surface area contributed by atoms with Gasteiger partial charge in [0.1, 0.15) is 29.0 Å². The fourth-order valence-electron chi connectivity index (χ4n) is 3.85. The molecule has 1 aliphatic carbocycles. The lowest BCUT2D eigenvalue weighted by atomic mass is 9.95. The van der Waals surface area contributed by atoms with Crippen molar-refractivity contribution >= 4 is 23.0 Å². The Morgan fingerprint density at radius 3 is 2.70 bits per heavy atom. The van der Waals surface area contributed by atoms with Crippen molar-refractivity contribution in [2.24, 2.45) is 7.05 Å². The monoisotopic (exact) mass is 403 g/mol. The van der Waals surface area contributed by atoms with Crippen LogP contribution >= 0.6 is 0 Å². The van der Waals surface area contributed by atoms with Crippen molar-refractivity contribution in [3.05, 3.63) is 42.2 Å². The van der Waals surface area contributed by atoms with Crippen LogP contribution in [0, 0.1) is 11.3 Å². The summed E-state index contributed by atoms with van der Waals surface area (Å²) in [6.07, 6.45) is 9.27. The van der Waals surface area contributed by atoms with Crippen LogP contribution in [0.3, 0.4) is 0 Å². The van der Waals surface area contributed by atoms with Crippen LogP contribution in [0.25, 0.3) is 11.1 Å². The van der Waals surface area contributed by atoms with Crippen LogP contribution in [0.15, 0.2) is 36.7 Å². The second-order valence-corrected chi connectivity index (χ2v) is 7.67. The fraction of sp³-hybridized carbons (Fsp3) is 0.318. The number of hydrogen-bond donors (Lipinski definition) is 4. The Kier molecular flexibility index (Phi) is 5.44. The van der Waals surface area contributed by atoms with Gasteiger partial charge in [0.2, 0.25) is 0 Å². The molecule has 3 aromatic rings. The van der Waals surface area contributed by atoms with Crippen molar-refractivity contribution in [1.29, 1.82) is 5.26 Å². The molecule has 1 aromatic carbocycles. The van der Waals surface area contributed by atoms with Crippen LogP contribution in [-0.2, 0) is 7.05 Å². The van der Waals surface area contributed by atoms with Gasteiger partial charge in [0.15, 0.2) is 0 Å². The molecule has 5 N–H and O–H groups in total. The van der Waals surface area contributed by atoms with Gasteiger partial charge in [0.25, 0.3) is 0 Å². The number of hydrogen-bond acceptors (Lipinski definition) is 7. The molecule has 1 fully saturated rings. The third-order valence-corrected chi connectivity index (χ3v) is 5.39. The molecule has 4 rings (SSSR count). The van der Waals surface area contributed by atoms with Crippen LogP contribution in [0.4, 0.5) is 23.0 Å². The van der Waals surface area contributed by atoms with Gasteiger partial charge in [0.05, 0.1) is 11.9 Å². The number of nitrogens with one attached hydrogen (secondary N) is 2. The average molecular weight is 403 g/mol. The van der Waals surface area contributed by atoms with Crippen molar-refractivity contribution < 1.29 is 5.11 Å². The number of anilines is 4. The van der Waals surface area contributed by atoms with Gasteiger partial charge in [0, 0.05) is 48.2 Å². The van der Waals surface area contributed by atoms with Gasteiger partial charge in [-0.1, -0.05) is 19.3 Å². The number of phenolic OH excluding ortho intramolecular Hbond substituents is 1. The second-order valence-electron chi connectivity index (χ2n) is 7.67. The third kappa shape index (κ3) is 4.15. The van der Waals surface area contributed by atoms with E-state index in [9.17, 15) is 10.4 Å². The van der Waals surface area contributed by atoms with Gasteiger partial charge >= 0.3 is 0 Å². The Hall–Kier alpha value is -3.73. The Labute approximate surface area is 175 Å². The molecule has 0 bridgehead atoms. The van der Waals surface area contributed by atoms with E-state index in [0.29, 0.717) is 40.2 Å². The normalized spacial score (nSPS) is 14.3. The summed E-state index contributed by atoms with van der Waals surface area (Å²) >= 11 is 0. The summed E-state index contributed by atoms with van der Waals surface area (Å²) in [5, 5.41) is 30.7. The lowest BCUT2D eigenvalue weighted by Crippen LogP contribution is -2.23. The summed E-state index contributed by atoms with van der Waals surface area (Å²) in [4.78, 5) is 4.59. The fourth-order valence-corrected chi connectivity index (χ4v) is 3.85. The number of aromatic hydroxyl groups is 1. The number of rotatable bonds is 5. The van der Waals surface area contributed by atoms with E-state index in [1.807, 2.05) is 25.4 Å². The number of pyridine rings is 1. The highest BCUT2D eigenvalue weighted by molar-refractivity contribution is 5.76. The average Bonchev–Trinajstić information content (AvgIpc) is 3.15. The zero-order valence-corrected chi connectivity index (χ0v) is 16.9. The smallest absolute Gasteiger partial charge is 0.148 e. The summed E-state index contributed by atoms with van der Waals surface area (Å²) in [6.45, 7) is 0. The van der Waals surface area contributed by atoms with E-state index >= 15 is 0 Å². The van der Waals surface area contributed by atoms with E-state index in [2.05, 4.69) is 26.8 Å². The number of aromatic nitrogens is 3. The molecule has 0 spiro atoms. The topological polar surface area (TPSA) is 125 Å². The lowest BCUT2D eigenvalue weighted by molar-refractivity contribution is 0.462. The first-order chi connectivity index (χ1) is 14.5. The lowest BCUT2D eigenvalue weighted by Gasteiger charge is -2.24. The summed E-state index contributed by atoms with van der Waals surface area (Å²) in [5.74, 6) is 1.15. The van der Waals surface area contributed by atoms with Gasteiger partial charge in [-0.3, -0.25) is 4.68 Å². The maximum atomic E-state index is 10.5. The number of phenols is 1. The van der Waals surface area contributed by atoms with E-state index in [-0.39, 0.29) is 5.75 Å². The standard InChI is InChI=1S/C22H25N7O/c1-29-13-14(12-25-29)17-8-7-16(9-20(17)30)26-21-10-19(24)18(11-23)22(28-21)27-15-5-3-2-4-6-15/h7-10,12-13,15,30H,2-6H2,1H3,(H4,24,26,27,28). The minimum absolute atomic E-state index is 0.134. The van der Waals surface area contributed by atoms with Crippen molar-refractivity contribution in [3.8, 4) is 22.9 Å². The van der Waals surface area contributed by atoms with Crippen molar-refractivity contribution in [1.82, 2.24) is 14.8 Å². The number of benzene rings is 1. The molecular formula is C22H25N7O. The molecule has 0 saturated heterocycles. The van der Waals surface area contributed by atoms with Crippen molar-refractivity contribution in [3.63, 3.8) is 0 Å². The molecule has 0 atom stereocenters. The number of aryl methyl sites for hydroxylation is 1. The Bertz CT molecular complexity index is 1090. The summed E-state index contributed by atoms with van der Waals surface area (Å²) in [7, 11) is 1.83. The van der Waals surface area contributed by atoms with E-state index in [0.717, 1.165) is 18.4 Å². The molecule has 0 unspecified atom stereocenters. The second kappa shape index (κ2) is 8.33. The van der Waals surface area contributed by atoms with E-state index < -0.39 is 0 Å². The quantitative estimate of drug-likeness (QED) is 0.505. The number of nitrogens with zero attached hydrogens (tertiary/aromatic N) is 4. The molecule has 154 valence electrons. The van der Waals surface area contributed by atoms with Crippen LogP contribution in [0.2, 0.25) is 0 Å². The predicted octanol–water partition coefficient (Wildman–Crippen LogP) is 4.13. The van der Waals surface area contributed by atoms with Crippen LogP contribution in [0.1, 0.15) is 37.7 Å². The van der Waals surface area contributed by atoms with Gasteiger partial charge in [-0.25, -0.2) is 4.98 Å². The first kappa shape index (κ1) is 19.6. The highest BCUT2D eigenvalue weighted by Crippen LogP contribution is 2.33. The predicted molar refractivity (Wildman–Crippen MR) is 117 cm³/mol. The molecule has 0 radical (unpaired) electrons. The van der Waals surface area contributed by atoms with E-state index in [1.54, 1.807) is 23.0 Å². The molecule has 0 amide bonds. The maximum absolute atomic E-state index is 10.5. The highest BCUT2D eigenvalue weighted by Gasteiger charge is 2.18. The summed E-state index contributed by atoms with van der Waals surface area (Å²) in [6, 6.07) is 9.40. The van der Waals surface area contributed by atoms with Crippen LogP contribution in [0.5, 0.6) is 5.75 Å². The molecular weight excluding hydrogens is 378 g/mol. The zero-order valence-electron chi connectivity index (χ0n) is 16.9. The van der Waals surface area contributed by atoms with Gasteiger partial charge < -0.3 is 21.5 Å². The minimum atomic E-state index is 0.134. The molecule has 8 nitrogen and oxygen atoms in total. The molecule has 8 heteroatoms. The molecule has 1 aliphatic rings. The van der Waals surface area contributed by atoms with Crippen molar-refractivity contribution in [2.75, 3.05) is 16.4 Å². The highest BCUT2D eigenvalue weighted by atomic mass is 16.3. The zero-order chi connectivity index (χ0) is 21.1. The molecule has 2 heterocycles. The molecule has 0 aliphatic heterocycles. The van der Waals surface area contributed by atoms with Gasteiger partial charge in [-0.05, 0) is 25.0 Å². The Morgan fingerprint density at radius 2 is 2.03 bits per heavy atom. The number of nitrogens with two attached hydrogens (primary N) is 1. The van der Waals surface area contributed by atoms with E-state index in [1.165, 1.54) is 19.3 Å². The first-order valence-corrected chi connectivity index (χ1v) is 10.1. The summed E-state index contributed by atoms with van der Waals surface area (Å²) in [5.41, 5.74) is 9.05. The largest absolute Gasteiger partial charge is 0.507 e. The first-order valence-electron chi connectivity index (χ1n) is 10.1. The third-order valence-electron chi connectivity index (χ3n) is 5.39. The van der Waals surface area contributed by atoms with Gasteiger partial charge in [-0.2, -0.15) is 10.4 Å². The van der Waals surface area contributed by atoms with E-state index in [4.69, 9.17) is 5.73 Å². The molecule has 2 aromatic heterocycles.